The number of ether oxygens (including phenoxy) is 2. The molecule has 1 saturated heterocycles. The lowest BCUT2D eigenvalue weighted by molar-refractivity contribution is -0.146. The minimum absolute atomic E-state index is 0.00782. The zero-order chi connectivity index (χ0) is 41.1. The molecule has 1 fully saturated rings. The van der Waals surface area contributed by atoms with Crippen molar-refractivity contribution >= 4 is 29.5 Å². The molecule has 0 bridgehead atoms. The topological polar surface area (TPSA) is 150 Å². The molecule has 0 radical (unpaired) electrons. The number of hydrogen-bond acceptors (Lipinski definition) is 8. The van der Waals surface area contributed by atoms with Crippen LogP contribution in [0.15, 0.2) is 30.3 Å². The number of nitrogens with zero attached hydrogens (tertiary/aromatic N) is 3. The lowest BCUT2D eigenvalue weighted by Crippen LogP contribution is -2.55. The first-order valence-corrected chi connectivity index (χ1v) is 19.6. The summed E-state index contributed by atoms with van der Waals surface area (Å²) in [5.74, 6) is -1.89. The lowest BCUT2D eigenvalue weighted by atomic mass is 9.90. The number of amides is 5. The van der Waals surface area contributed by atoms with Gasteiger partial charge in [0, 0.05) is 41.3 Å². The van der Waals surface area contributed by atoms with Gasteiger partial charge in [0.2, 0.25) is 29.5 Å². The Labute approximate surface area is 325 Å². The van der Waals surface area contributed by atoms with Gasteiger partial charge in [-0.3, -0.25) is 28.9 Å². The summed E-state index contributed by atoms with van der Waals surface area (Å²) in [5.41, 5.74) is 0.916. The lowest BCUT2D eigenvalue weighted by Gasteiger charge is -2.39. The van der Waals surface area contributed by atoms with Crippen LogP contribution in [0, 0.1) is 17.8 Å². The van der Waals surface area contributed by atoms with E-state index in [1.807, 2.05) is 77.0 Å². The van der Waals surface area contributed by atoms with E-state index in [2.05, 4.69) is 29.8 Å². The van der Waals surface area contributed by atoms with Crippen LogP contribution in [0.3, 0.4) is 0 Å². The number of likely N-dealkylation sites (tertiary alicyclic amines) is 1. The van der Waals surface area contributed by atoms with Crippen LogP contribution in [0.1, 0.15) is 86.1 Å². The second-order valence-corrected chi connectivity index (χ2v) is 15.1. The van der Waals surface area contributed by atoms with E-state index in [-0.39, 0.29) is 66.4 Å². The number of benzene rings is 1. The number of nitrogens with one attached hydrogen (secondary N) is 3. The number of rotatable bonds is 20. The molecule has 1 heterocycles. The Hall–Kier alpha value is -3.55. The van der Waals surface area contributed by atoms with Crippen LogP contribution < -0.4 is 16.0 Å². The third kappa shape index (κ3) is 14.3. The fraction of sp³-hybridized carbons (Fsp3) is 0.732. The predicted octanol–water partition coefficient (Wildman–Crippen LogP) is 3.50. The average Bonchev–Trinajstić information content (AvgIpc) is 3.63. The molecule has 13 nitrogen and oxygen atoms in total. The molecule has 0 aromatic heterocycles. The number of carbonyl (C=O) groups is 5. The maximum Gasteiger partial charge on any atom is 0.242 e. The molecule has 2 rings (SSSR count). The Balaban J connectivity index is 0.00000469. The van der Waals surface area contributed by atoms with Crippen LogP contribution in [0.25, 0.3) is 0 Å². The SMILES string of the molecule is CCC.CCC(C)C(C(CC(=O)N1CCC[C@H]1C(OC)C(C)C(=O)NC(Cc1ccccc1)C(=O)NC)OC)N(C)C(=O)CNC(=O)C(C(C)C)N(C)C. The highest BCUT2D eigenvalue weighted by atomic mass is 16.5. The summed E-state index contributed by atoms with van der Waals surface area (Å²) < 4.78 is 11.8. The van der Waals surface area contributed by atoms with Crippen molar-refractivity contribution in [2.75, 3.05) is 55.5 Å². The Morgan fingerprint density at radius 3 is 2.02 bits per heavy atom. The van der Waals surface area contributed by atoms with Gasteiger partial charge in [-0.25, -0.2) is 0 Å². The van der Waals surface area contributed by atoms with Crippen LogP contribution in [-0.2, 0) is 39.9 Å². The maximum absolute atomic E-state index is 14.0. The summed E-state index contributed by atoms with van der Waals surface area (Å²) in [5, 5.41) is 8.35. The van der Waals surface area contributed by atoms with E-state index >= 15 is 0 Å². The Bertz CT molecular complexity index is 1290. The predicted molar refractivity (Wildman–Crippen MR) is 214 cm³/mol. The molecule has 8 atom stereocenters. The minimum atomic E-state index is -0.774. The Morgan fingerprint density at radius 2 is 1.52 bits per heavy atom. The molecule has 3 N–H and O–H groups in total. The van der Waals surface area contributed by atoms with Crippen molar-refractivity contribution < 1.29 is 33.4 Å². The van der Waals surface area contributed by atoms with Crippen LogP contribution in [0.4, 0.5) is 0 Å². The van der Waals surface area contributed by atoms with E-state index in [4.69, 9.17) is 9.47 Å². The summed E-state index contributed by atoms with van der Waals surface area (Å²) >= 11 is 0. The fourth-order valence-electron chi connectivity index (χ4n) is 7.39. The zero-order valence-electron chi connectivity index (χ0n) is 35.4. The Morgan fingerprint density at radius 1 is 0.907 bits per heavy atom. The van der Waals surface area contributed by atoms with E-state index < -0.39 is 30.2 Å². The molecular weight excluding hydrogens is 688 g/mol. The van der Waals surface area contributed by atoms with Gasteiger partial charge in [0.05, 0.1) is 49.2 Å². The summed E-state index contributed by atoms with van der Waals surface area (Å²) in [6.07, 6.45) is 2.51. The molecule has 1 aromatic carbocycles. The number of methoxy groups -OCH3 is 2. The molecule has 0 saturated carbocycles. The van der Waals surface area contributed by atoms with Crippen molar-refractivity contribution in [3.8, 4) is 0 Å². The normalized spacial score (nSPS) is 18.0. The molecule has 13 heteroatoms. The first kappa shape index (κ1) is 48.5. The quantitative estimate of drug-likeness (QED) is 0.183. The van der Waals surface area contributed by atoms with Crippen molar-refractivity contribution in [1.82, 2.24) is 30.7 Å². The van der Waals surface area contributed by atoms with Crippen molar-refractivity contribution in [1.29, 1.82) is 0 Å². The second-order valence-electron chi connectivity index (χ2n) is 15.1. The van der Waals surface area contributed by atoms with Gasteiger partial charge in [0.1, 0.15) is 6.04 Å². The van der Waals surface area contributed by atoms with Crippen molar-refractivity contribution in [2.24, 2.45) is 17.8 Å². The van der Waals surface area contributed by atoms with Gasteiger partial charge in [-0.2, -0.15) is 0 Å². The van der Waals surface area contributed by atoms with Gasteiger partial charge >= 0.3 is 0 Å². The molecule has 1 aliphatic rings. The van der Waals surface area contributed by atoms with E-state index in [0.29, 0.717) is 19.4 Å². The monoisotopic (exact) mass is 761 g/mol. The molecule has 0 aliphatic carbocycles. The average molecular weight is 761 g/mol. The van der Waals surface area contributed by atoms with E-state index in [1.165, 1.54) is 20.6 Å². The largest absolute Gasteiger partial charge is 0.379 e. The Kier molecular flexibility index (Phi) is 22.2. The third-order valence-corrected chi connectivity index (χ3v) is 10.3. The van der Waals surface area contributed by atoms with Crippen molar-refractivity contribution in [3.63, 3.8) is 0 Å². The molecule has 7 unspecified atom stereocenters. The van der Waals surface area contributed by atoms with Crippen molar-refractivity contribution in [2.45, 2.75) is 123 Å². The zero-order valence-corrected chi connectivity index (χ0v) is 35.4. The van der Waals surface area contributed by atoms with Gasteiger partial charge in [-0.15, -0.1) is 0 Å². The molecule has 54 heavy (non-hydrogen) atoms. The molecule has 5 amide bonds. The van der Waals surface area contributed by atoms with Gasteiger partial charge in [0.15, 0.2) is 0 Å². The van der Waals surface area contributed by atoms with E-state index in [0.717, 1.165) is 18.4 Å². The van der Waals surface area contributed by atoms with Gasteiger partial charge < -0.3 is 35.2 Å². The van der Waals surface area contributed by atoms with Crippen LogP contribution in [0.5, 0.6) is 0 Å². The van der Waals surface area contributed by atoms with Gasteiger partial charge in [-0.05, 0) is 44.3 Å². The summed E-state index contributed by atoms with van der Waals surface area (Å²) in [6.45, 7) is 14.3. The molecule has 0 spiro atoms. The number of hydrogen-bond donors (Lipinski definition) is 3. The number of likely N-dealkylation sites (N-methyl/N-ethyl adjacent to an activating group) is 3. The summed E-state index contributed by atoms with van der Waals surface area (Å²) in [4.78, 5) is 72.0. The summed E-state index contributed by atoms with van der Waals surface area (Å²) in [6, 6.07) is 7.54. The first-order valence-electron chi connectivity index (χ1n) is 19.6. The van der Waals surface area contributed by atoms with E-state index in [9.17, 15) is 24.0 Å². The first-order chi connectivity index (χ1) is 25.5. The second kappa shape index (κ2) is 24.8. The van der Waals surface area contributed by atoms with Gasteiger partial charge in [0.25, 0.3) is 0 Å². The van der Waals surface area contributed by atoms with Crippen LogP contribution in [-0.4, -0.2) is 136 Å². The fourth-order valence-corrected chi connectivity index (χ4v) is 7.39. The molecule has 1 aromatic rings. The highest BCUT2D eigenvalue weighted by molar-refractivity contribution is 5.89. The molecule has 308 valence electrons. The molecule has 1 aliphatic heterocycles. The van der Waals surface area contributed by atoms with Crippen LogP contribution >= 0.6 is 0 Å². The van der Waals surface area contributed by atoms with Crippen LogP contribution in [0.2, 0.25) is 0 Å². The van der Waals surface area contributed by atoms with Gasteiger partial charge in [-0.1, -0.05) is 91.6 Å². The third-order valence-electron chi connectivity index (χ3n) is 10.3. The molecular formula is C41H72N6O7. The number of carbonyl (C=O) groups excluding carboxylic acids is 5. The minimum Gasteiger partial charge on any atom is -0.379 e. The van der Waals surface area contributed by atoms with E-state index in [1.54, 1.807) is 30.9 Å². The summed E-state index contributed by atoms with van der Waals surface area (Å²) in [7, 11) is 9.98. The maximum atomic E-state index is 14.0. The standard InChI is InChI=1S/C38H64N6O7.C3H8/c1-12-25(4)34(43(9)32(46)23-40-38(49)33(24(2)3)42(7)8)30(50-10)22-31(45)44-20-16-19-29(44)35(51-11)26(5)36(47)41-28(37(48)39-6)21-27-17-14-13-15-18-27;1-3-2/h13-15,17-18,24-26,28-30,33-35H,12,16,19-23H2,1-11H3,(H,39,48)(H,40,49)(H,41,47);3H2,1-2H3/t25?,26?,28?,29-,30?,33?,34?,35?;/m0./s1. The van der Waals surface area contributed by atoms with Crippen molar-refractivity contribution in [3.05, 3.63) is 35.9 Å². The smallest absolute Gasteiger partial charge is 0.242 e. The highest BCUT2D eigenvalue weighted by Gasteiger charge is 2.42. The highest BCUT2D eigenvalue weighted by Crippen LogP contribution is 2.29.